The molecule has 2 N–H and O–H groups in total. The third-order valence-electron chi connectivity index (χ3n) is 7.06. The highest BCUT2D eigenvalue weighted by atomic mass is 16.2. The SMILES string of the molecule is O=C1CCC(N2Cc3cc(-n4cc(C(=O)NC5CCCc6cnccc65)nn4)ccc3C2=O)C(=O)N1. The number of carbonyl (C=O) groups is 4. The van der Waals surface area contributed by atoms with Gasteiger partial charge in [-0.05, 0) is 66.6 Å². The van der Waals surface area contributed by atoms with Gasteiger partial charge in [-0.1, -0.05) is 5.21 Å². The molecule has 11 heteroatoms. The van der Waals surface area contributed by atoms with E-state index < -0.39 is 11.9 Å². The minimum atomic E-state index is -0.673. The summed E-state index contributed by atoms with van der Waals surface area (Å²) in [5.41, 5.74) is 4.32. The number of imide groups is 1. The Morgan fingerprint density at radius 2 is 1.97 bits per heavy atom. The molecule has 0 spiro atoms. The largest absolute Gasteiger partial charge is 0.344 e. The second-order valence-corrected chi connectivity index (χ2v) is 9.28. The van der Waals surface area contributed by atoms with Gasteiger partial charge in [0.05, 0.1) is 17.9 Å². The zero-order valence-electron chi connectivity index (χ0n) is 19.3. The van der Waals surface area contributed by atoms with Crippen LogP contribution in [0.15, 0.2) is 42.9 Å². The molecular weight excluding hydrogens is 462 g/mol. The normalized spacial score (nSPS) is 21.1. The van der Waals surface area contributed by atoms with Crippen LogP contribution < -0.4 is 10.6 Å². The minimum absolute atomic E-state index is 0.0985. The number of amides is 4. The van der Waals surface area contributed by atoms with Crippen molar-refractivity contribution < 1.29 is 19.2 Å². The van der Waals surface area contributed by atoms with Crippen molar-refractivity contribution in [3.8, 4) is 5.69 Å². The molecule has 2 aromatic heterocycles. The number of nitrogens with one attached hydrogen (secondary N) is 2. The highest BCUT2D eigenvalue weighted by Gasteiger charge is 2.39. The number of carbonyl (C=O) groups excluding carboxylic acids is 4. The number of aromatic nitrogens is 4. The predicted molar refractivity (Wildman–Crippen MR) is 125 cm³/mol. The molecule has 2 atom stereocenters. The number of nitrogens with zero attached hydrogens (tertiary/aromatic N) is 5. The van der Waals surface area contributed by atoms with E-state index >= 15 is 0 Å². The molecule has 2 unspecified atom stereocenters. The first-order valence-electron chi connectivity index (χ1n) is 11.9. The molecule has 0 saturated carbocycles. The Bertz CT molecular complexity index is 1410. The lowest BCUT2D eigenvalue weighted by atomic mass is 9.89. The highest BCUT2D eigenvalue weighted by molar-refractivity contribution is 6.05. The zero-order valence-corrected chi connectivity index (χ0v) is 19.3. The van der Waals surface area contributed by atoms with Crippen molar-refractivity contribution in [2.45, 2.75) is 50.7 Å². The Labute approximate surface area is 205 Å². The smallest absolute Gasteiger partial charge is 0.273 e. The average molecular weight is 486 g/mol. The monoisotopic (exact) mass is 485 g/mol. The van der Waals surface area contributed by atoms with E-state index in [0.717, 1.165) is 36.0 Å². The van der Waals surface area contributed by atoms with E-state index in [0.29, 0.717) is 17.7 Å². The van der Waals surface area contributed by atoms with Gasteiger partial charge in [-0.3, -0.25) is 29.5 Å². The third-order valence-corrected chi connectivity index (χ3v) is 7.06. The summed E-state index contributed by atoms with van der Waals surface area (Å²) >= 11 is 0. The zero-order chi connectivity index (χ0) is 24.8. The van der Waals surface area contributed by atoms with Gasteiger partial charge in [0, 0.05) is 30.9 Å². The standard InChI is InChI=1S/C25H23N7O4/c33-22-7-6-21(24(35)28-22)31-12-15-10-16(4-5-18(15)25(31)36)32-13-20(29-30-32)23(34)27-19-3-1-2-14-11-26-9-8-17(14)19/h4-5,8-11,13,19,21H,1-3,6-7,12H2,(H,27,34)(H,28,33,35). The molecule has 3 aromatic rings. The van der Waals surface area contributed by atoms with Gasteiger partial charge in [-0.15, -0.1) is 5.10 Å². The summed E-state index contributed by atoms with van der Waals surface area (Å²) in [5.74, 6) is -1.32. The van der Waals surface area contributed by atoms with Crippen molar-refractivity contribution in [3.05, 3.63) is 70.8 Å². The van der Waals surface area contributed by atoms with Crippen LogP contribution in [0.5, 0.6) is 0 Å². The van der Waals surface area contributed by atoms with Gasteiger partial charge in [0.25, 0.3) is 11.8 Å². The van der Waals surface area contributed by atoms with Crippen molar-refractivity contribution in [3.63, 3.8) is 0 Å². The van der Waals surface area contributed by atoms with Gasteiger partial charge in [-0.25, -0.2) is 4.68 Å². The van der Waals surface area contributed by atoms with Crippen LogP contribution >= 0.6 is 0 Å². The predicted octanol–water partition coefficient (Wildman–Crippen LogP) is 1.23. The number of aryl methyl sites for hydroxylation is 1. The first-order valence-corrected chi connectivity index (χ1v) is 11.9. The van der Waals surface area contributed by atoms with E-state index in [1.165, 1.54) is 9.58 Å². The molecule has 36 heavy (non-hydrogen) atoms. The summed E-state index contributed by atoms with van der Waals surface area (Å²) in [4.78, 5) is 55.2. The summed E-state index contributed by atoms with van der Waals surface area (Å²) < 4.78 is 1.49. The van der Waals surface area contributed by atoms with Gasteiger partial charge < -0.3 is 10.2 Å². The summed E-state index contributed by atoms with van der Waals surface area (Å²) in [6, 6.07) is 6.39. The molecule has 1 saturated heterocycles. The van der Waals surface area contributed by atoms with Gasteiger partial charge >= 0.3 is 0 Å². The van der Waals surface area contributed by atoms with Crippen molar-refractivity contribution in [2.75, 3.05) is 0 Å². The summed E-state index contributed by atoms with van der Waals surface area (Å²) in [6.07, 6.45) is 8.42. The van der Waals surface area contributed by atoms with Crippen LogP contribution in [0.3, 0.4) is 0 Å². The third kappa shape index (κ3) is 3.82. The fraction of sp³-hybridized carbons (Fsp3) is 0.320. The van der Waals surface area contributed by atoms with Crippen LogP contribution in [-0.2, 0) is 22.6 Å². The Hall–Kier alpha value is -4.41. The topological polar surface area (TPSA) is 139 Å². The second kappa shape index (κ2) is 8.67. The van der Waals surface area contributed by atoms with E-state index in [9.17, 15) is 19.2 Å². The summed E-state index contributed by atoms with van der Waals surface area (Å²) in [6.45, 7) is 0.256. The fourth-order valence-corrected chi connectivity index (χ4v) is 5.22. The molecular formula is C25H23N7O4. The Morgan fingerprint density at radius 1 is 1.08 bits per heavy atom. The van der Waals surface area contributed by atoms with E-state index in [2.05, 4.69) is 25.9 Å². The van der Waals surface area contributed by atoms with Gasteiger partial charge in [0.15, 0.2) is 5.69 Å². The van der Waals surface area contributed by atoms with Crippen LogP contribution in [0.25, 0.3) is 5.69 Å². The van der Waals surface area contributed by atoms with E-state index in [1.807, 2.05) is 12.3 Å². The molecule has 182 valence electrons. The van der Waals surface area contributed by atoms with E-state index in [-0.39, 0.29) is 42.4 Å². The Morgan fingerprint density at radius 3 is 2.83 bits per heavy atom. The second-order valence-electron chi connectivity index (χ2n) is 9.28. The van der Waals surface area contributed by atoms with Crippen LogP contribution in [0.4, 0.5) is 0 Å². The molecule has 1 aliphatic carbocycles. The van der Waals surface area contributed by atoms with E-state index in [1.54, 1.807) is 30.6 Å². The lowest BCUT2D eigenvalue weighted by Crippen LogP contribution is -2.52. The lowest BCUT2D eigenvalue weighted by molar-refractivity contribution is -0.136. The number of benzene rings is 1. The number of fused-ring (bicyclic) bond motifs is 2. The number of rotatable bonds is 4. The Kier molecular flexibility index (Phi) is 5.32. The number of pyridine rings is 1. The average Bonchev–Trinajstić information content (AvgIpc) is 3.50. The molecule has 0 bridgehead atoms. The lowest BCUT2D eigenvalue weighted by Gasteiger charge is -2.29. The van der Waals surface area contributed by atoms with Crippen LogP contribution in [0.2, 0.25) is 0 Å². The molecule has 4 heterocycles. The first kappa shape index (κ1) is 22.1. The number of hydrogen-bond acceptors (Lipinski definition) is 7. The number of piperidine rings is 1. The summed E-state index contributed by atoms with van der Waals surface area (Å²) in [7, 11) is 0. The van der Waals surface area contributed by atoms with E-state index in [4.69, 9.17) is 0 Å². The van der Waals surface area contributed by atoms with Crippen LogP contribution in [0.1, 0.15) is 69.3 Å². The maximum absolute atomic E-state index is 12.9. The first-order chi connectivity index (χ1) is 17.5. The van der Waals surface area contributed by atoms with Crippen molar-refractivity contribution in [1.29, 1.82) is 0 Å². The quantitative estimate of drug-likeness (QED) is 0.530. The molecule has 4 amide bonds. The highest BCUT2D eigenvalue weighted by Crippen LogP contribution is 2.30. The number of hydrogen-bond donors (Lipinski definition) is 2. The molecule has 2 aliphatic heterocycles. The summed E-state index contributed by atoms with van der Waals surface area (Å²) in [5, 5.41) is 13.5. The van der Waals surface area contributed by atoms with Crippen molar-refractivity contribution in [2.24, 2.45) is 0 Å². The minimum Gasteiger partial charge on any atom is -0.344 e. The fourth-order valence-electron chi connectivity index (χ4n) is 5.22. The van der Waals surface area contributed by atoms with Crippen LogP contribution in [0, 0.1) is 0 Å². The molecule has 11 nitrogen and oxygen atoms in total. The molecule has 1 aromatic carbocycles. The van der Waals surface area contributed by atoms with Crippen molar-refractivity contribution >= 4 is 23.6 Å². The maximum Gasteiger partial charge on any atom is 0.273 e. The van der Waals surface area contributed by atoms with Gasteiger partial charge in [-0.2, -0.15) is 0 Å². The molecule has 6 rings (SSSR count). The van der Waals surface area contributed by atoms with Crippen LogP contribution in [-0.4, -0.2) is 54.5 Å². The molecule has 3 aliphatic rings. The Balaban J connectivity index is 1.18. The molecule has 0 radical (unpaired) electrons. The van der Waals surface area contributed by atoms with Gasteiger partial charge in [0.2, 0.25) is 11.8 Å². The molecule has 1 fully saturated rings. The van der Waals surface area contributed by atoms with Gasteiger partial charge in [0.1, 0.15) is 6.04 Å². The maximum atomic E-state index is 12.9. The van der Waals surface area contributed by atoms with Crippen molar-refractivity contribution in [1.82, 2.24) is 35.5 Å².